The molecule has 16 heavy (non-hydrogen) atoms. The number of rotatable bonds is 3. The topological polar surface area (TPSA) is 36.3 Å². The van der Waals surface area contributed by atoms with Crippen LogP contribution in [0.3, 0.4) is 0 Å². The highest BCUT2D eigenvalue weighted by Gasteiger charge is 2.10. The Hall–Kier alpha value is -1.02. The molecule has 1 aliphatic heterocycles. The van der Waals surface area contributed by atoms with E-state index in [0.717, 1.165) is 37.7 Å². The van der Waals surface area contributed by atoms with Crippen LogP contribution in [0.15, 0.2) is 29.2 Å². The maximum atomic E-state index is 8.54. The van der Waals surface area contributed by atoms with E-state index >= 15 is 0 Å². The summed E-state index contributed by atoms with van der Waals surface area (Å²) in [6, 6.07) is 8.19. The minimum Gasteiger partial charge on any atom is -0.379 e. The molecule has 84 valence electrons. The van der Waals surface area contributed by atoms with Crippen LogP contribution < -0.4 is 0 Å². The van der Waals surface area contributed by atoms with Gasteiger partial charge in [0.2, 0.25) is 0 Å². The van der Waals surface area contributed by atoms with Gasteiger partial charge in [0.05, 0.1) is 13.2 Å². The van der Waals surface area contributed by atoms with Gasteiger partial charge < -0.3 is 4.74 Å². The number of nitrogens with zero attached hydrogens (tertiary/aromatic N) is 2. The fraction of sp³-hybridized carbons (Fsp3) is 0.417. The van der Waals surface area contributed by atoms with E-state index in [1.165, 1.54) is 17.3 Å². The van der Waals surface area contributed by atoms with E-state index in [1.807, 2.05) is 12.1 Å². The Morgan fingerprint density at radius 3 is 2.56 bits per heavy atom. The summed E-state index contributed by atoms with van der Waals surface area (Å²) in [7, 11) is 0. The van der Waals surface area contributed by atoms with E-state index in [2.05, 4.69) is 22.4 Å². The van der Waals surface area contributed by atoms with Crippen LogP contribution in [0.2, 0.25) is 0 Å². The summed E-state index contributed by atoms with van der Waals surface area (Å²) in [5, 5.41) is 10.6. The minimum atomic E-state index is 0.836. The van der Waals surface area contributed by atoms with E-state index in [9.17, 15) is 0 Å². The highest BCUT2D eigenvalue weighted by atomic mass is 32.2. The molecule has 0 aliphatic carbocycles. The van der Waals surface area contributed by atoms with Gasteiger partial charge in [-0.1, -0.05) is 12.1 Å². The third-order valence-electron chi connectivity index (χ3n) is 2.60. The van der Waals surface area contributed by atoms with E-state index in [1.54, 1.807) is 0 Å². The number of thioether (sulfide) groups is 1. The van der Waals surface area contributed by atoms with Crippen molar-refractivity contribution in [3.8, 4) is 5.40 Å². The Labute approximate surface area is 100 Å². The third kappa shape index (κ3) is 3.24. The van der Waals surface area contributed by atoms with E-state index in [0.29, 0.717) is 0 Å². The zero-order valence-corrected chi connectivity index (χ0v) is 9.87. The van der Waals surface area contributed by atoms with Gasteiger partial charge >= 0.3 is 0 Å². The van der Waals surface area contributed by atoms with Gasteiger partial charge in [-0.3, -0.25) is 4.90 Å². The van der Waals surface area contributed by atoms with Gasteiger partial charge in [0.1, 0.15) is 5.40 Å². The first-order valence-electron chi connectivity index (χ1n) is 5.33. The third-order valence-corrected chi connectivity index (χ3v) is 3.20. The predicted octanol–water partition coefficient (Wildman–Crippen LogP) is 2.09. The largest absolute Gasteiger partial charge is 0.379 e. The number of morpholine rings is 1. The first kappa shape index (κ1) is 11.5. The fourth-order valence-electron chi connectivity index (χ4n) is 1.73. The maximum Gasteiger partial charge on any atom is 0.138 e. The number of benzene rings is 1. The second kappa shape index (κ2) is 5.90. The highest BCUT2D eigenvalue weighted by molar-refractivity contribution is 8.03. The van der Waals surface area contributed by atoms with Crippen LogP contribution in [0.4, 0.5) is 0 Å². The van der Waals surface area contributed by atoms with Crippen molar-refractivity contribution in [3.63, 3.8) is 0 Å². The van der Waals surface area contributed by atoms with Gasteiger partial charge in [-0.2, -0.15) is 5.26 Å². The van der Waals surface area contributed by atoms with Gasteiger partial charge in [0.25, 0.3) is 0 Å². The first-order chi connectivity index (χ1) is 7.88. The van der Waals surface area contributed by atoms with Crippen LogP contribution in [0.5, 0.6) is 0 Å². The summed E-state index contributed by atoms with van der Waals surface area (Å²) in [6.07, 6.45) is 0. The van der Waals surface area contributed by atoms with Gasteiger partial charge in [0.15, 0.2) is 0 Å². The summed E-state index contributed by atoms with van der Waals surface area (Å²) in [5.41, 5.74) is 1.30. The monoisotopic (exact) mass is 234 g/mol. The second-order valence-electron chi connectivity index (χ2n) is 3.73. The van der Waals surface area contributed by atoms with Gasteiger partial charge in [0, 0.05) is 24.5 Å². The Morgan fingerprint density at radius 1 is 1.25 bits per heavy atom. The molecule has 3 nitrogen and oxygen atoms in total. The average molecular weight is 234 g/mol. The lowest BCUT2D eigenvalue weighted by Gasteiger charge is -2.26. The summed E-state index contributed by atoms with van der Waals surface area (Å²) < 4.78 is 5.31. The average Bonchev–Trinajstić information content (AvgIpc) is 2.33. The molecule has 0 aromatic heterocycles. The Morgan fingerprint density at radius 2 is 1.94 bits per heavy atom. The zero-order valence-electron chi connectivity index (χ0n) is 9.06. The smallest absolute Gasteiger partial charge is 0.138 e. The van der Waals surface area contributed by atoms with Crippen molar-refractivity contribution in [1.82, 2.24) is 4.90 Å². The Balaban J connectivity index is 1.91. The molecule has 1 heterocycles. The maximum absolute atomic E-state index is 8.54. The Bertz CT molecular complexity index is 366. The molecule has 0 saturated carbocycles. The van der Waals surface area contributed by atoms with Crippen molar-refractivity contribution in [2.24, 2.45) is 0 Å². The molecule has 0 bridgehead atoms. The summed E-state index contributed by atoms with van der Waals surface area (Å²) >= 11 is 1.20. The van der Waals surface area contributed by atoms with E-state index in [4.69, 9.17) is 10.00 Å². The van der Waals surface area contributed by atoms with Crippen LogP contribution in [-0.4, -0.2) is 31.2 Å². The van der Waals surface area contributed by atoms with E-state index < -0.39 is 0 Å². The molecule has 1 saturated heterocycles. The molecule has 0 amide bonds. The summed E-state index contributed by atoms with van der Waals surface area (Å²) in [4.78, 5) is 3.39. The standard InChI is InChI=1S/C12H14N2OS/c13-10-16-12-3-1-11(2-4-12)9-14-5-7-15-8-6-14/h1-4H,5-9H2. The Kier molecular flexibility index (Phi) is 4.23. The molecular formula is C12H14N2OS. The second-order valence-corrected chi connectivity index (χ2v) is 4.58. The molecule has 4 heteroatoms. The van der Waals surface area contributed by atoms with Crippen molar-refractivity contribution < 1.29 is 4.74 Å². The lowest BCUT2D eigenvalue weighted by molar-refractivity contribution is 0.0342. The zero-order chi connectivity index (χ0) is 11.2. The van der Waals surface area contributed by atoms with E-state index in [-0.39, 0.29) is 0 Å². The minimum absolute atomic E-state index is 0.836. The van der Waals surface area contributed by atoms with Crippen molar-refractivity contribution in [2.75, 3.05) is 26.3 Å². The molecule has 2 rings (SSSR count). The molecule has 1 fully saturated rings. The summed E-state index contributed by atoms with van der Waals surface area (Å²) in [5.74, 6) is 0. The molecule has 1 aromatic rings. The highest BCUT2D eigenvalue weighted by Crippen LogP contribution is 2.17. The number of hydrogen-bond donors (Lipinski definition) is 0. The molecule has 0 unspecified atom stereocenters. The molecule has 1 aliphatic rings. The number of ether oxygens (including phenoxy) is 1. The first-order valence-corrected chi connectivity index (χ1v) is 6.15. The normalized spacial score (nSPS) is 16.9. The molecule has 0 spiro atoms. The summed E-state index contributed by atoms with van der Waals surface area (Å²) in [6.45, 7) is 4.66. The number of hydrogen-bond acceptors (Lipinski definition) is 4. The SMILES string of the molecule is N#CSc1ccc(CN2CCOCC2)cc1. The molecule has 0 atom stereocenters. The van der Waals surface area contributed by atoms with Crippen molar-refractivity contribution in [2.45, 2.75) is 11.4 Å². The predicted molar refractivity (Wildman–Crippen MR) is 64.0 cm³/mol. The molecular weight excluding hydrogens is 220 g/mol. The van der Waals surface area contributed by atoms with Crippen LogP contribution in [0.25, 0.3) is 0 Å². The number of thiocyanates is 1. The van der Waals surface area contributed by atoms with Crippen LogP contribution >= 0.6 is 11.8 Å². The quantitative estimate of drug-likeness (QED) is 0.592. The van der Waals surface area contributed by atoms with Gasteiger partial charge in [-0.15, -0.1) is 0 Å². The van der Waals surface area contributed by atoms with Crippen LogP contribution in [0, 0.1) is 10.7 Å². The molecule has 0 radical (unpaired) electrons. The van der Waals surface area contributed by atoms with Crippen molar-refractivity contribution in [3.05, 3.63) is 29.8 Å². The molecule has 0 N–H and O–H groups in total. The van der Waals surface area contributed by atoms with Crippen LogP contribution in [-0.2, 0) is 11.3 Å². The lowest BCUT2D eigenvalue weighted by atomic mass is 10.2. The lowest BCUT2D eigenvalue weighted by Crippen LogP contribution is -2.35. The van der Waals surface area contributed by atoms with Crippen molar-refractivity contribution in [1.29, 1.82) is 5.26 Å². The van der Waals surface area contributed by atoms with Crippen LogP contribution in [0.1, 0.15) is 5.56 Å². The van der Waals surface area contributed by atoms with Gasteiger partial charge in [-0.25, -0.2) is 0 Å². The van der Waals surface area contributed by atoms with Crippen molar-refractivity contribution >= 4 is 11.8 Å². The molecule has 1 aromatic carbocycles. The fourth-order valence-corrected chi connectivity index (χ4v) is 2.11. The number of nitriles is 1. The van der Waals surface area contributed by atoms with Gasteiger partial charge in [-0.05, 0) is 29.5 Å².